The first-order chi connectivity index (χ1) is 8.33. The zero-order valence-electron chi connectivity index (χ0n) is 10.2. The monoisotopic (exact) mass is 228 g/mol. The van der Waals surface area contributed by atoms with Gasteiger partial charge in [0.15, 0.2) is 0 Å². The van der Waals surface area contributed by atoms with Crippen LogP contribution < -0.4 is 11.3 Å². The minimum atomic E-state index is 0.201. The lowest BCUT2D eigenvalue weighted by Gasteiger charge is -2.48. The first-order valence-electron chi connectivity index (χ1n) is 6.28. The van der Waals surface area contributed by atoms with Crippen LogP contribution in [0.5, 0.6) is 0 Å². The van der Waals surface area contributed by atoms with Gasteiger partial charge in [-0.15, -0.1) is 12.3 Å². The highest BCUT2D eigenvalue weighted by Crippen LogP contribution is 2.47. The highest BCUT2D eigenvalue weighted by atomic mass is 15.2. The zero-order valence-corrected chi connectivity index (χ0v) is 10.2. The normalized spacial score (nSPS) is 19.1. The molecule has 1 aliphatic carbocycles. The molecule has 0 radical (unpaired) electrons. The Morgan fingerprint density at radius 3 is 2.53 bits per heavy atom. The molecule has 1 unspecified atom stereocenters. The third-order valence-corrected chi connectivity index (χ3v) is 4.04. The Balaban J connectivity index is 2.21. The predicted octanol–water partition coefficient (Wildman–Crippen LogP) is 2.35. The molecule has 0 aromatic heterocycles. The third-order valence-electron chi connectivity index (χ3n) is 4.04. The molecule has 2 nitrogen and oxygen atoms in total. The van der Waals surface area contributed by atoms with Crippen molar-refractivity contribution in [2.45, 2.75) is 43.6 Å². The van der Waals surface area contributed by atoms with Crippen LogP contribution in [-0.4, -0.2) is 6.04 Å². The molecule has 2 rings (SSSR count). The van der Waals surface area contributed by atoms with Gasteiger partial charge in [-0.1, -0.05) is 36.8 Å². The summed E-state index contributed by atoms with van der Waals surface area (Å²) in [4.78, 5) is 0. The summed E-state index contributed by atoms with van der Waals surface area (Å²) in [7, 11) is 0. The smallest absolute Gasteiger partial charge is 0.0316 e. The summed E-state index contributed by atoms with van der Waals surface area (Å²) >= 11 is 0. The van der Waals surface area contributed by atoms with Gasteiger partial charge in [0.25, 0.3) is 0 Å². The fourth-order valence-corrected chi connectivity index (χ4v) is 2.91. The molecule has 0 bridgehead atoms. The van der Waals surface area contributed by atoms with Gasteiger partial charge in [-0.25, -0.2) is 0 Å². The maximum Gasteiger partial charge on any atom is 0.0316 e. The standard InChI is InChI=1S/C15H20N2/c1-2-3-10-14(17-16)15(11-7-12-15)13-8-5-4-6-9-13/h1,4-6,8-9,14,17H,3,7,10-12,16H2. The number of terminal acetylenes is 1. The third kappa shape index (κ3) is 2.22. The highest BCUT2D eigenvalue weighted by molar-refractivity contribution is 5.30. The minimum absolute atomic E-state index is 0.201. The van der Waals surface area contributed by atoms with Gasteiger partial charge in [-0.3, -0.25) is 11.3 Å². The molecule has 1 aromatic carbocycles. The van der Waals surface area contributed by atoms with Crippen molar-refractivity contribution in [3.05, 3.63) is 35.9 Å². The lowest BCUT2D eigenvalue weighted by Crippen LogP contribution is -2.54. The van der Waals surface area contributed by atoms with Gasteiger partial charge < -0.3 is 0 Å². The van der Waals surface area contributed by atoms with E-state index in [9.17, 15) is 0 Å². The van der Waals surface area contributed by atoms with E-state index in [4.69, 9.17) is 12.3 Å². The lowest BCUT2D eigenvalue weighted by atomic mass is 9.59. The van der Waals surface area contributed by atoms with Crippen molar-refractivity contribution in [1.82, 2.24) is 5.43 Å². The molecule has 1 aromatic rings. The molecule has 1 atom stereocenters. The Bertz CT molecular complexity index is 387. The number of nitrogens with one attached hydrogen (secondary N) is 1. The van der Waals surface area contributed by atoms with Crippen molar-refractivity contribution >= 4 is 0 Å². The molecular weight excluding hydrogens is 208 g/mol. The van der Waals surface area contributed by atoms with Crippen molar-refractivity contribution < 1.29 is 0 Å². The van der Waals surface area contributed by atoms with Crippen LogP contribution in [0, 0.1) is 12.3 Å². The number of nitrogens with two attached hydrogens (primary N) is 1. The summed E-state index contributed by atoms with van der Waals surface area (Å²) in [6.45, 7) is 0. The van der Waals surface area contributed by atoms with Gasteiger partial charge >= 0.3 is 0 Å². The molecular formula is C15H20N2. The summed E-state index contributed by atoms with van der Waals surface area (Å²) in [6, 6.07) is 11.0. The van der Waals surface area contributed by atoms with Gasteiger partial charge in [0.05, 0.1) is 0 Å². The van der Waals surface area contributed by atoms with Crippen LogP contribution in [0.3, 0.4) is 0 Å². The molecule has 17 heavy (non-hydrogen) atoms. The zero-order chi connectivity index (χ0) is 12.1. The van der Waals surface area contributed by atoms with E-state index in [0.29, 0.717) is 0 Å². The van der Waals surface area contributed by atoms with E-state index in [1.807, 2.05) is 0 Å². The molecule has 3 N–H and O–H groups in total. The SMILES string of the molecule is C#CCCC(NN)C1(c2ccccc2)CCC1. The van der Waals surface area contributed by atoms with Crippen LogP contribution >= 0.6 is 0 Å². The van der Waals surface area contributed by atoms with Crippen molar-refractivity contribution in [1.29, 1.82) is 0 Å². The lowest BCUT2D eigenvalue weighted by molar-refractivity contribution is 0.163. The summed E-state index contributed by atoms with van der Waals surface area (Å²) in [5.41, 5.74) is 4.58. The summed E-state index contributed by atoms with van der Waals surface area (Å²) < 4.78 is 0. The fourth-order valence-electron chi connectivity index (χ4n) is 2.91. The first-order valence-corrected chi connectivity index (χ1v) is 6.28. The van der Waals surface area contributed by atoms with E-state index >= 15 is 0 Å². The molecule has 0 amide bonds. The predicted molar refractivity (Wildman–Crippen MR) is 71.1 cm³/mol. The quantitative estimate of drug-likeness (QED) is 0.461. The van der Waals surface area contributed by atoms with Gasteiger partial charge in [0, 0.05) is 17.9 Å². The molecule has 1 fully saturated rings. The highest BCUT2D eigenvalue weighted by Gasteiger charge is 2.44. The van der Waals surface area contributed by atoms with Crippen LogP contribution in [0.15, 0.2) is 30.3 Å². The Morgan fingerprint density at radius 1 is 1.35 bits per heavy atom. The van der Waals surface area contributed by atoms with E-state index < -0.39 is 0 Å². The molecule has 0 aliphatic heterocycles. The van der Waals surface area contributed by atoms with Crippen molar-refractivity contribution in [3.8, 4) is 12.3 Å². The van der Waals surface area contributed by atoms with E-state index in [2.05, 4.69) is 41.7 Å². The van der Waals surface area contributed by atoms with Crippen molar-refractivity contribution in [2.24, 2.45) is 5.84 Å². The largest absolute Gasteiger partial charge is 0.271 e. The Kier molecular flexibility index (Phi) is 3.83. The Labute approximate surface area is 104 Å². The fraction of sp³-hybridized carbons (Fsp3) is 0.467. The average molecular weight is 228 g/mol. The van der Waals surface area contributed by atoms with Gasteiger partial charge in [0.2, 0.25) is 0 Å². The van der Waals surface area contributed by atoms with Crippen LogP contribution in [0.4, 0.5) is 0 Å². The average Bonchev–Trinajstić information content (AvgIpc) is 2.33. The maximum absolute atomic E-state index is 5.73. The first kappa shape index (κ1) is 12.2. The Hall–Kier alpha value is -1.30. The molecule has 90 valence electrons. The number of hydrogen-bond donors (Lipinski definition) is 2. The Morgan fingerprint density at radius 2 is 2.06 bits per heavy atom. The molecule has 1 aliphatic rings. The van der Waals surface area contributed by atoms with E-state index in [0.717, 1.165) is 12.8 Å². The molecule has 0 saturated heterocycles. The second-order valence-corrected chi connectivity index (χ2v) is 4.84. The van der Waals surface area contributed by atoms with Crippen LogP contribution in [0.25, 0.3) is 0 Å². The van der Waals surface area contributed by atoms with Crippen LogP contribution in [-0.2, 0) is 5.41 Å². The summed E-state index contributed by atoms with van der Waals surface area (Å²) in [5, 5.41) is 0. The van der Waals surface area contributed by atoms with Crippen molar-refractivity contribution in [3.63, 3.8) is 0 Å². The second-order valence-electron chi connectivity index (χ2n) is 4.84. The van der Waals surface area contributed by atoms with Gasteiger partial charge in [0.1, 0.15) is 0 Å². The molecule has 2 heteroatoms. The minimum Gasteiger partial charge on any atom is -0.271 e. The van der Waals surface area contributed by atoms with E-state index in [1.54, 1.807) is 0 Å². The number of benzene rings is 1. The number of hydrazine groups is 1. The van der Waals surface area contributed by atoms with Crippen molar-refractivity contribution in [2.75, 3.05) is 0 Å². The molecule has 1 saturated carbocycles. The topological polar surface area (TPSA) is 38.0 Å². The van der Waals surface area contributed by atoms with E-state index in [-0.39, 0.29) is 11.5 Å². The second kappa shape index (κ2) is 5.35. The molecule has 0 spiro atoms. The number of rotatable bonds is 5. The van der Waals surface area contributed by atoms with E-state index in [1.165, 1.54) is 24.8 Å². The van der Waals surface area contributed by atoms with Gasteiger partial charge in [-0.2, -0.15) is 0 Å². The summed E-state index contributed by atoms with van der Waals surface area (Å²) in [6.07, 6.45) is 10.8. The van der Waals surface area contributed by atoms with Crippen LogP contribution in [0.2, 0.25) is 0 Å². The maximum atomic E-state index is 5.73. The summed E-state index contributed by atoms with van der Waals surface area (Å²) in [5.74, 6) is 8.44. The van der Waals surface area contributed by atoms with Crippen LogP contribution in [0.1, 0.15) is 37.7 Å². The molecule has 0 heterocycles. The van der Waals surface area contributed by atoms with Gasteiger partial charge in [-0.05, 0) is 24.8 Å². The number of hydrogen-bond acceptors (Lipinski definition) is 2.